The van der Waals surface area contributed by atoms with Crippen LogP contribution in [0.2, 0.25) is 0 Å². The van der Waals surface area contributed by atoms with Crippen LogP contribution in [0.25, 0.3) is 6.08 Å². The molecule has 0 unspecified atom stereocenters. The Bertz CT molecular complexity index is 674. The number of carbonyl (C=O) groups is 1. The average Bonchev–Trinajstić information content (AvgIpc) is 2.45. The van der Waals surface area contributed by atoms with E-state index in [0.29, 0.717) is 11.1 Å². The lowest BCUT2D eigenvalue weighted by Crippen LogP contribution is -2.16. The summed E-state index contributed by atoms with van der Waals surface area (Å²) >= 11 is 2.14. The van der Waals surface area contributed by atoms with Crippen LogP contribution >= 0.6 is 22.6 Å². The molecule has 0 aliphatic carbocycles. The number of carbonyl (C=O) groups excluding carboxylic acids is 1. The van der Waals surface area contributed by atoms with Gasteiger partial charge in [-0.25, -0.2) is 0 Å². The van der Waals surface area contributed by atoms with Crippen LogP contribution in [0.1, 0.15) is 15.9 Å². The molecule has 0 radical (unpaired) electrons. The molecule has 0 spiro atoms. The summed E-state index contributed by atoms with van der Waals surface area (Å²) in [5.74, 6) is -0.472. The third-order valence-electron chi connectivity index (χ3n) is 2.67. The summed E-state index contributed by atoms with van der Waals surface area (Å²) in [7, 11) is 0. The molecule has 2 nitrogen and oxygen atoms in total. The van der Waals surface area contributed by atoms with Crippen LogP contribution in [0.5, 0.6) is 5.75 Å². The lowest BCUT2D eigenvalue weighted by atomic mass is 10.1. The molecule has 22 heavy (non-hydrogen) atoms. The van der Waals surface area contributed by atoms with E-state index >= 15 is 0 Å². The summed E-state index contributed by atoms with van der Waals surface area (Å²) in [5, 5.41) is 0. The van der Waals surface area contributed by atoms with Crippen molar-refractivity contribution in [2.24, 2.45) is 0 Å². The van der Waals surface area contributed by atoms with Crippen molar-refractivity contribution in [2.45, 2.75) is 6.36 Å². The molecule has 0 heterocycles. The largest absolute Gasteiger partial charge is 0.573 e. The van der Waals surface area contributed by atoms with Crippen LogP contribution < -0.4 is 4.74 Å². The Morgan fingerprint density at radius 3 is 2.14 bits per heavy atom. The van der Waals surface area contributed by atoms with Gasteiger partial charge in [0, 0.05) is 9.13 Å². The topological polar surface area (TPSA) is 26.3 Å². The summed E-state index contributed by atoms with van der Waals surface area (Å²) in [6.07, 6.45) is -1.79. The van der Waals surface area contributed by atoms with E-state index < -0.39 is 6.36 Å². The molecule has 0 aliphatic heterocycles. The fourth-order valence-corrected chi connectivity index (χ4v) is 2.02. The second-order valence-corrected chi connectivity index (χ2v) is 5.57. The minimum absolute atomic E-state index is 0.174. The van der Waals surface area contributed by atoms with Gasteiger partial charge in [0.15, 0.2) is 5.78 Å². The summed E-state index contributed by atoms with van der Waals surface area (Å²) in [6.45, 7) is 0. The maximum atomic E-state index is 12.0. The maximum absolute atomic E-state index is 12.0. The molecule has 0 amide bonds. The number of alkyl halides is 3. The molecule has 0 saturated carbocycles. The molecule has 0 aromatic heterocycles. The smallest absolute Gasteiger partial charge is 0.406 e. The van der Waals surface area contributed by atoms with Gasteiger partial charge in [-0.05, 0) is 58.5 Å². The minimum atomic E-state index is -4.71. The van der Waals surface area contributed by atoms with Crippen LogP contribution in [-0.2, 0) is 0 Å². The van der Waals surface area contributed by atoms with Crippen molar-refractivity contribution in [2.75, 3.05) is 0 Å². The lowest BCUT2D eigenvalue weighted by molar-refractivity contribution is -0.274. The van der Waals surface area contributed by atoms with Crippen molar-refractivity contribution >= 4 is 34.5 Å². The Labute approximate surface area is 138 Å². The van der Waals surface area contributed by atoms with Gasteiger partial charge in [0.2, 0.25) is 0 Å². The lowest BCUT2D eigenvalue weighted by Gasteiger charge is -2.08. The zero-order valence-electron chi connectivity index (χ0n) is 11.1. The highest BCUT2D eigenvalue weighted by atomic mass is 127. The molecule has 0 atom stereocenters. The zero-order chi connectivity index (χ0) is 16.2. The number of halogens is 4. The van der Waals surface area contributed by atoms with E-state index in [-0.39, 0.29) is 11.5 Å². The third-order valence-corrected chi connectivity index (χ3v) is 3.39. The maximum Gasteiger partial charge on any atom is 0.573 e. The predicted octanol–water partition coefficient (Wildman–Crippen LogP) is 5.09. The Morgan fingerprint density at radius 1 is 1.00 bits per heavy atom. The highest BCUT2D eigenvalue weighted by molar-refractivity contribution is 14.1. The number of rotatable bonds is 4. The molecule has 2 rings (SSSR count). The molecule has 6 heteroatoms. The van der Waals surface area contributed by atoms with Crippen molar-refractivity contribution < 1.29 is 22.7 Å². The summed E-state index contributed by atoms with van der Waals surface area (Å²) in [5.41, 5.74) is 1.15. The summed E-state index contributed by atoms with van der Waals surface area (Å²) in [6, 6.07) is 12.4. The van der Waals surface area contributed by atoms with Crippen LogP contribution in [0.15, 0.2) is 54.6 Å². The van der Waals surface area contributed by atoms with Crippen LogP contribution in [0.3, 0.4) is 0 Å². The van der Waals surface area contributed by atoms with Gasteiger partial charge >= 0.3 is 6.36 Å². The molecular weight excluding hydrogens is 408 g/mol. The molecule has 0 saturated heterocycles. The van der Waals surface area contributed by atoms with Gasteiger partial charge in [0.05, 0.1) is 0 Å². The number of hydrogen-bond acceptors (Lipinski definition) is 2. The average molecular weight is 418 g/mol. The van der Waals surface area contributed by atoms with Gasteiger partial charge in [0.1, 0.15) is 5.75 Å². The Hall–Kier alpha value is -1.83. The molecular formula is C16H10F3IO2. The van der Waals surface area contributed by atoms with Crippen molar-refractivity contribution in [3.8, 4) is 5.75 Å². The first-order valence-corrected chi connectivity index (χ1v) is 7.25. The van der Waals surface area contributed by atoms with Gasteiger partial charge in [-0.3, -0.25) is 4.79 Å². The van der Waals surface area contributed by atoms with Crippen LogP contribution in [0, 0.1) is 3.57 Å². The molecule has 2 aromatic carbocycles. The molecule has 0 fully saturated rings. The first kappa shape index (κ1) is 16.5. The van der Waals surface area contributed by atoms with E-state index in [1.54, 1.807) is 12.1 Å². The fraction of sp³-hybridized carbons (Fsp3) is 0.0625. The Morgan fingerprint density at radius 2 is 1.59 bits per heavy atom. The van der Waals surface area contributed by atoms with Crippen molar-refractivity contribution in [3.63, 3.8) is 0 Å². The van der Waals surface area contributed by atoms with Gasteiger partial charge in [-0.2, -0.15) is 0 Å². The second-order valence-electron chi connectivity index (χ2n) is 4.32. The first-order valence-electron chi connectivity index (χ1n) is 6.17. The van der Waals surface area contributed by atoms with Crippen LogP contribution in [0.4, 0.5) is 13.2 Å². The summed E-state index contributed by atoms with van der Waals surface area (Å²) < 4.78 is 40.9. The normalized spacial score (nSPS) is 11.6. The van der Waals surface area contributed by atoms with E-state index in [2.05, 4.69) is 27.3 Å². The van der Waals surface area contributed by atoms with E-state index in [0.717, 1.165) is 3.57 Å². The summed E-state index contributed by atoms with van der Waals surface area (Å²) in [4.78, 5) is 11.9. The van der Waals surface area contributed by atoms with Gasteiger partial charge in [0.25, 0.3) is 0 Å². The van der Waals surface area contributed by atoms with E-state index in [1.807, 2.05) is 12.1 Å². The highest BCUT2D eigenvalue weighted by Crippen LogP contribution is 2.23. The number of benzene rings is 2. The van der Waals surface area contributed by atoms with Gasteiger partial charge in [-0.15, -0.1) is 13.2 Å². The second kappa shape index (κ2) is 6.95. The fourth-order valence-electron chi connectivity index (χ4n) is 1.66. The van der Waals surface area contributed by atoms with E-state index in [1.165, 1.54) is 36.4 Å². The van der Waals surface area contributed by atoms with Crippen LogP contribution in [-0.4, -0.2) is 12.1 Å². The number of ether oxygens (including phenoxy) is 1. The zero-order valence-corrected chi connectivity index (χ0v) is 13.3. The van der Waals surface area contributed by atoms with Gasteiger partial charge < -0.3 is 4.74 Å². The molecule has 0 N–H and O–H groups in total. The van der Waals surface area contributed by atoms with Gasteiger partial charge in [-0.1, -0.05) is 30.3 Å². The predicted molar refractivity (Wildman–Crippen MR) is 85.6 cm³/mol. The molecule has 0 aliphatic rings. The molecule has 2 aromatic rings. The Balaban J connectivity index is 2.04. The molecule has 114 valence electrons. The quantitative estimate of drug-likeness (QED) is 0.393. The first-order chi connectivity index (χ1) is 10.3. The molecule has 0 bridgehead atoms. The monoisotopic (exact) mass is 418 g/mol. The van der Waals surface area contributed by atoms with Crippen molar-refractivity contribution in [1.82, 2.24) is 0 Å². The third kappa shape index (κ3) is 5.18. The Kier molecular flexibility index (Phi) is 5.23. The number of ketones is 1. The standard InChI is InChI=1S/C16H10F3IO2/c17-16(18,19)22-14-8-1-11(2-9-14)3-10-15(21)12-4-6-13(20)7-5-12/h1-10H. The van der Waals surface area contributed by atoms with E-state index in [4.69, 9.17) is 0 Å². The number of hydrogen-bond donors (Lipinski definition) is 0. The van der Waals surface area contributed by atoms with Crippen molar-refractivity contribution in [3.05, 3.63) is 69.3 Å². The van der Waals surface area contributed by atoms with Crippen molar-refractivity contribution in [1.29, 1.82) is 0 Å². The SMILES string of the molecule is O=C(C=Cc1ccc(OC(F)(F)F)cc1)c1ccc(I)cc1. The van der Waals surface area contributed by atoms with E-state index in [9.17, 15) is 18.0 Å². The minimum Gasteiger partial charge on any atom is -0.406 e. The highest BCUT2D eigenvalue weighted by Gasteiger charge is 2.30. The number of allylic oxidation sites excluding steroid dienone is 1.